The number of aromatic nitrogens is 4. The zero-order valence-electron chi connectivity index (χ0n) is 19.9. The van der Waals surface area contributed by atoms with E-state index >= 15 is 4.39 Å². The highest BCUT2D eigenvalue weighted by Gasteiger charge is 2.17. The van der Waals surface area contributed by atoms with E-state index in [0.29, 0.717) is 45.8 Å². The highest BCUT2D eigenvalue weighted by molar-refractivity contribution is 5.88. The molecule has 0 fully saturated rings. The average molecular weight is 480 g/mol. The summed E-state index contributed by atoms with van der Waals surface area (Å²) in [6, 6.07) is 17.7. The van der Waals surface area contributed by atoms with E-state index in [2.05, 4.69) is 25.3 Å². The van der Waals surface area contributed by atoms with Crippen LogP contribution in [-0.2, 0) is 0 Å². The number of carbonyl (C=O) groups excluding carboxylic acids is 1. The van der Waals surface area contributed by atoms with Gasteiger partial charge in [-0.3, -0.25) is 9.78 Å². The highest BCUT2D eigenvalue weighted by atomic mass is 19.1. The van der Waals surface area contributed by atoms with Gasteiger partial charge in [0.15, 0.2) is 12.1 Å². The number of ether oxygens (including phenoxy) is 1. The van der Waals surface area contributed by atoms with Crippen molar-refractivity contribution in [3.63, 3.8) is 0 Å². The molecule has 1 N–H and O–H groups in total. The van der Waals surface area contributed by atoms with Crippen LogP contribution in [0, 0.1) is 19.7 Å². The lowest BCUT2D eigenvalue weighted by Crippen LogP contribution is -2.02. The largest absolute Gasteiger partial charge is 0.480 e. The maximum Gasteiger partial charge on any atom is 0.224 e. The Balaban J connectivity index is 1.58. The summed E-state index contributed by atoms with van der Waals surface area (Å²) in [5.41, 5.74) is 5.14. The van der Waals surface area contributed by atoms with Crippen molar-refractivity contribution in [1.82, 2.24) is 19.9 Å². The molecule has 5 aromatic rings. The monoisotopic (exact) mass is 479 g/mol. The zero-order valence-corrected chi connectivity index (χ0v) is 19.9. The summed E-state index contributed by atoms with van der Waals surface area (Å²) < 4.78 is 21.1. The molecule has 3 aromatic heterocycles. The van der Waals surface area contributed by atoms with Crippen molar-refractivity contribution in [2.24, 2.45) is 0 Å². The molecule has 0 bridgehead atoms. The molecule has 5 rings (SSSR count). The average Bonchev–Trinajstić information content (AvgIpc) is 2.89. The summed E-state index contributed by atoms with van der Waals surface area (Å²) >= 11 is 0. The Morgan fingerprint density at radius 2 is 1.67 bits per heavy atom. The normalized spacial score (nSPS) is 10.9. The van der Waals surface area contributed by atoms with Crippen LogP contribution >= 0.6 is 0 Å². The first-order valence-electron chi connectivity index (χ1n) is 11.3. The third-order valence-corrected chi connectivity index (χ3v) is 5.93. The van der Waals surface area contributed by atoms with Crippen LogP contribution in [0.4, 0.5) is 15.9 Å². The van der Waals surface area contributed by atoms with Gasteiger partial charge in [-0.2, -0.15) is 0 Å². The molecule has 8 heteroatoms. The number of carbonyl (C=O) groups is 1. The number of hydrogen-bond acceptors (Lipinski definition) is 7. The number of nitrogens with one attached hydrogen (secondary N) is 1. The van der Waals surface area contributed by atoms with Crippen molar-refractivity contribution in [3.8, 4) is 28.3 Å². The molecule has 0 atom stereocenters. The number of halogens is 1. The first-order valence-corrected chi connectivity index (χ1v) is 11.3. The van der Waals surface area contributed by atoms with Gasteiger partial charge in [0.05, 0.1) is 23.9 Å². The van der Waals surface area contributed by atoms with Crippen LogP contribution in [0.5, 0.6) is 5.88 Å². The van der Waals surface area contributed by atoms with Crippen molar-refractivity contribution in [3.05, 3.63) is 89.6 Å². The lowest BCUT2D eigenvalue weighted by molar-refractivity contribution is 0.112. The van der Waals surface area contributed by atoms with E-state index in [4.69, 9.17) is 4.74 Å². The Morgan fingerprint density at radius 1 is 0.889 bits per heavy atom. The molecule has 0 saturated heterocycles. The molecule has 0 saturated carbocycles. The summed E-state index contributed by atoms with van der Waals surface area (Å²) in [5, 5.41) is 3.36. The SMILES string of the molecule is COc1nc(-c2cccc(-c3cccc(Nc4nc(C)nc5cccnc45)c3C)c2F)ccc1C=O. The summed E-state index contributed by atoms with van der Waals surface area (Å²) in [5.74, 6) is 0.931. The van der Waals surface area contributed by atoms with Gasteiger partial charge in [0.1, 0.15) is 17.2 Å². The van der Waals surface area contributed by atoms with Gasteiger partial charge in [-0.25, -0.2) is 19.3 Å². The van der Waals surface area contributed by atoms with Crippen LogP contribution in [0.1, 0.15) is 21.7 Å². The number of rotatable bonds is 6. The number of aldehydes is 1. The summed E-state index contributed by atoms with van der Waals surface area (Å²) in [6.07, 6.45) is 2.35. The minimum Gasteiger partial charge on any atom is -0.480 e. The van der Waals surface area contributed by atoms with Gasteiger partial charge in [-0.05, 0) is 61.4 Å². The van der Waals surface area contributed by atoms with Crippen LogP contribution in [0.3, 0.4) is 0 Å². The molecule has 178 valence electrons. The number of benzene rings is 2. The van der Waals surface area contributed by atoms with Gasteiger partial charge in [0, 0.05) is 23.0 Å². The first kappa shape index (κ1) is 23.0. The minimum absolute atomic E-state index is 0.149. The molecule has 0 aliphatic carbocycles. The molecule has 7 nitrogen and oxygen atoms in total. The number of anilines is 2. The molecule has 36 heavy (non-hydrogen) atoms. The van der Waals surface area contributed by atoms with Gasteiger partial charge >= 0.3 is 0 Å². The molecule has 0 amide bonds. The van der Waals surface area contributed by atoms with Gasteiger partial charge in [0.2, 0.25) is 5.88 Å². The van der Waals surface area contributed by atoms with Gasteiger partial charge in [0.25, 0.3) is 0 Å². The molecular formula is C28H22FN5O2. The fourth-order valence-electron chi connectivity index (χ4n) is 4.15. The van der Waals surface area contributed by atoms with E-state index in [1.165, 1.54) is 7.11 Å². The zero-order chi connectivity index (χ0) is 25.2. The van der Waals surface area contributed by atoms with Crippen molar-refractivity contribution < 1.29 is 13.9 Å². The van der Waals surface area contributed by atoms with Crippen LogP contribution in [-0.4, -0.2) is 33.3 Å². The molecule has 0 radical (unpaired) electrons. The predicted molar refractivity (Wildman–Crippen MR) is 137 cm³/mol. The minimum atomic E-state index is -0.420. The van der Waals surface area contributed by atoms with Crippen LogP contribution in [0.15, 0.2) is 66.9 Å². The molecule has 0 spiro atoms. The van der Waals surface area contributed by atoms with Gasteiger partial charge in [-0.15, -0.1) is 0 Å². The number of pyridine rings is 2. The fourth-order valence-corrected chi connectivity index (χ4v) is 4.15. The Morgan fingerprint density at radius 3 is 2.47 bits per heavy atom. The lowest BCUT2D eigenvalue weighted by Gasteiger charge is -2.16. The predicted octanol–water partition coefficient (Wildman–Crippen LogP) is 6.07. The number of hydrogen-bond donors (Lipinski definition) is 1. The molecule has 0 aliphatic heterocycles. The van der Waals surface area contributed by atoms with Crippen molar-refractivity contribution in [2.45, 2.75) is 13.8 Å². The van der Waals surface area contributed by atoms with Gasteiger partial charge in [-0.1, -0.05) is 24.3 Å². The van der Waals surface area contributed by atoms with Crippen LogP contribution in [0.25, 0.3) is 33.4 Å². The Labute approximate surface area is 207 Å². The quantitative estimate of drug-likeness (QED) is 0.295. The maximum atomic E-state index is 15.9. The van der Waals surface area contributed by atoms with Crippen molar-refractivity contribution >= 4 is 28.8 Å². The molecule has 0 unspecified atom stereocenters. The summed E-state index contributed by atoms with van der Waals surface area (Å²) in [4.78, 5) is 29.0. The van der Waals surface area contributed by atoms with E-state index in [-0.39, 0.29) is 5.88 Å². The van der Waals surface area contributed by atoms with Crippen molar-refractivity contribution in [1.29, 1.82) is 0 Å². The number of aryl methyl sites for hydroxylation is 1. The van der Waals surface area contributed by atoms with Crippen LogP contribution < -0.4 is 10.1 Å². The van der Waals surface area contributed by atoms with E-state index in [1.54, 1.807) is 36.5 Å². The van der Waals surface area contributed by atoms with E-state index in [1.807, 2.05) is 44.2 Å². The number of methoxy groups -OCH3 is 1. The molecule has 3 heterocycles. The number of nitrogens with zero attached hydrogens (tertiary/aromatic N) is 4. The van der Waals surface area contributed by atoms with Crippen molar-refractivity contribution in [2.75, 3.05) is 12.4 Å². The van der Waals surface area contributed by atoms with Gasteiger partial charge < -0.3 is 10.1 Å². The highest BCUT2D eigenvalue weighted by Crippen LogP contribution is 2.36. The Kier molecular flexibility index (Phi) is 6.08. The second-order valence-corrected chi connectivity index (χ2v) is 8.17. The van der Waals surface area contributed by atoms with Crippen LogP contribution in [0.2, 0.25) is 0 Å². The third-order valence-electron chi connectivity index (χ3n) is 5.93. The Hall–Kier alpha value is -4.72. The second-order valence-electron chi connectivity index (χ2n) is 8.17. The summed E-state index contributed by atoms with van der Waals surface area (Å²) in [6.45, 7) is 3.75. The Bertz CT molecular complexity index is 1620. The van der Waals surface area contributed by atoms with E-state index in [0.717, 1.165) is 22.3 Å². The lowest BCUT2D eigenvalue weighted by atomic mass is 9.96. The standard InChI is InChI=1S/C28H22FN5O2/c1-16-19(7-5-10-22(16)33-27-26-24(11-6-14-30-26)31-17(2)32-27)20-8-4-9-21(25(20)29)23-13-12-18(15-35)28(34-23)36-3/h4-15H,1-3H3,(H,31,32,33). The first-order chi connectivity index (χ1) is 17.5. The van der Waals surface area contributed by atoms with E-state index in [9.17, 15) is 4.79 Å². The summed E-state index contributed by atoms with van der Waals surface area (Å²) in [7, 11) is 1.42. The second kappa shape index (κ2) is 9.50. The molecule has 2 aromatic carbocycles. The molecule has 0 aliphatic rings. The maximum absolute atomic E-state index is 15.9. The van der Waals surface area contributed by atoms with E-state index < -0.39 is 5.82 Å². The number of fused-ring (bicyclic) bond motifs is 1. The fraction of sp³-hybridized carbons (Fsp3) is 0.107. The molecular weight excluding hydrogens is 457 g/mol. The topological polar surface area (TPSA) is 89.9 Å². The smallest absolute Gasteiger partial charge is 0.224 e. The third kappa shape index (κ3) is 4.13.